The van der Waals surface area contributed by atoms with Crippen LogP contribution in [0, 0.1) is 45.3 Å². The Hall–Kier alpha value is -3.33. The van der Waals surface area contributed by atoms with Crippen LogP contribution in [0.2, 0.25) is 20.1 Å². The molecule has 5 N–H and O–H groups in total. The van der Waals surface area contributed by atoms with E-state index in [1.807, 2.05) is 83.5 Å². The predicted molar refractivity (Wildman–Crippen MR) is 393 cm³/mol. The maximum atomic E-state index is 11.8. The van der Waals surface area contributed by atoms with Crippen LogP contribution < -0.4 is 64.2 Å². The molecule has 0 bridgehead atoms. The number of aliphatic hydroxyl groups is 5. The van der Waals surface area contributed by atoms with Crippen molar-refractivity contribution in [2.45, 2.75) is 199 Å². The molecule has 4 aliphatic carbocycles. The van der Waals surface area contributed by atoms with E-state index < -0.39 is 27.8 Å². The van der Waals surface area contributed by atoms with Gasteiger partial charge in [0.05, 0.1) is 68.4 Å². The van der Waals surface area contributed by atoms with E-state index in [0.717, 1.165) is 98.0 Å². The van der Waals surface area contributed by atoms with Gasteiger partial charge in [0.25, 0.3) is 0 Å². The molecule has 8 aromatic rings. The second-order valence-electron chi connectivity index (χ2n) is 29.6. The number of halogens is 5. The summed E-state index contributed by atoms with van der Waals surface area (Å²) < 4.78 is 13.3. The number of hydrogen-bond donors (Lipinski definition) is 5. The molecule has 1 aliphatic heterocycles. The number of nitrogens with zero attached hydrogens (tertiary/aromatic N) is 12. The average molecular weight is 1520 g/mol. The van der Waals surface area contributed by atoms with Crippen molar-refractivity contribution in [3.8, 4) is 0 Å². The van der Waals surface area contributed by atoms with Gasteiger partial charge in [0.2, 0.25) is 0 Å². The third kappa shape index (κ3) is 20.1. The second-order valence-corrected chi connectivity index (χ2v) is 31.6. The van der Waals surface area contributed by atoms with E-state index in [1.165, 1.54) is 54.8 Å². The van der Waals surface area contributed by atoms with E-state index in [-0.39, 0.29) is 123 Å². The van der Waals surface area contributed by atoms with Crippen LogP contribution in [0.5, 0.6) is 0 Å². The average Bonchev–Trinajstić information content (AvgIpc) is 1.59. The van der Waals surface area contributed by atoms with Gasteiger partial charge < -0.3 is 36.8 Å². The maximum Gasteiger partial charge on any atom is 1.00 e. The fraction of sp³-hybridized carbons (Fsp3) is 0.573. The van der Waals surface area contributed by atoms with Crippen molar-refractivity contribution in [3.05, 3.63) is 190 Å². The predicted octanol–water partition coefficient (Wildman–Crippen LogP) is 6.60. The molecule has 13 rings (SSSR count). The van der Waals surface area contributed by atoms with Crippen molar-refractivity contribution in [1.82, 2.24) is 59.1 Å². The van der Waals surface area contributed by atoms with E-state index >= 15 is 0 Å². The van der Waals surface area contributed by atoms with Crippen LogP contribution in [0.1, 0.15) is 143 Å². The molecule has 1 saturated heterocycles. The largest absolute Gasteiger partial charge is 1.00 e. The third-order valence-corrected chi connectivity index (χ3v) is 24.5. The van der Waals surface area contributed by atoms with Gasteiger partial charge in [-0.1, -0.05) is 143 Å². The first-order chi connectivity index (χ1) is 47.2. The molecular weight excluding hydrogens is 1410 g/mol. The minimum atomic E-state index is -1.29. The minimum absolute atomic E-state index is 0. The molecular formula is C75H101BCl5N12Na2O7. The summed E-state index contributed by atoms with van der Waals surface area (Å²) in [5.74, 6) is 1.12. The van der Waals surface area contributed by atoms with Crippen molar-refractivity contribution in [3.63, 3.8) is 0 Å². The number of ether oxygens (including phenoxy) is 1. The maximum absolute atomic E-state index is 11.8. The summed E-state index contributed by atoms with van der Waals surface area (Å²) in [7, 11) is 0. The fourth-order valence-corrected chi connectivity index (χ4v) is 18.0. The van der Waals surface area contributed by atoms with E-state index in [1.54, 1.807) is 60.1 Å². The van der Waals surface area contributed by atoms with Gasteiger partial charge in [-0.3, -0.25) is 18.7 Å². The molecule has 3 radical (unpaired) electrons. The second kappa shape index (κ2) is 38.2. The van der Waals surface area contributed by atoms with Crippen molar-refractivity contribution >= 4 is 66.4 Å². The Kier molecular flexibility index (Phi) is 32.8. The van der Waals surface area contributed by atoms with Crippen LogP contribution in [0.25, 0.3) is 0 Å². The van der Waals surface area contributed by atoms with Crippen LogP contribution in [-0.2, 0) is 56.6 Å². The standard InChI is InChI=1S/C19H26ClN3O.C18H22ClN3O.C17H21Cl2N3O.C17H22ClN3O3.C4H9O.B.2Na.H/c1-3-18(4-2)9-8-16(10-15-6-5-7-17(20)11-15)19(18,24)12-23-14-21-13-22-23;1-2-17-7-6-15(8-14-4-3-5-16(19)9-14)18(17,23-11-17)10-22-13-20-12-21-22;1-16(9-18)7-6-14(8-13-2-4-15(19)5-3-13)17(16,23)10-22-12-20-11-21-22;18-15-3-1-2-13(7-15)6-14-4-5-16(9-22,10-23)17(14,24)8-21-12-19-11-20-21;1-4(2,3)5;;;;/h5-7,11,13-14,16,24H,3-4,8-10,12H2,1-2H3;3-5,9,12-13,15H,2,6-8,10-11H2,1H3;2-5,11-12,14,23H,6-10H2,1H3;1-3,7,11-12,14,22-24H,4-6,8-10H2;1-3H3;;;;/q;;;;-1;;2*+1;-1/t;;14?,16-,17-;;;;;;/m..0....../s1. The number of hydrogen-bond acceptors (Lipinski definition) is 15. The van der Waals surface area contributed by atoms with Gasteiger partial charge in [0.1, 0.15) is 50.6 Å². The van der Waals surface area contributed by atoms with E-state index in [4.69, 9.17) is 62.7 Å². The van der Waals surface area contributed by atoms with Crippen LogP contribution in [0.4, 0.5) is 0 Å². The zero-order chi connectivity index (χ0) is 71.3. The van der Waals surface area contributed by atoms with Gasteiger partial charge in [0.15, 0.2) is 0 Å². The monoisotopic (exact) mass is 1510 g/mol. The minimum Gasteiger partial charge on any atom is -1.00 e. The van der Waals surface area contributed by atoms with Crippen molar-refractivity contribution in [2.24, 2.45) is 45.3 Å². The SMILES string of the molecule is CC(C)(C)[O-].CCC1(CC)CCC(Cc2cccc(Cl)c2)C1(O)Cn1cncn1.CCC12CCC(Cc3cccc(Cl)c3)C1(Cn1cncn1)OC2.C[C@@]1(CCl)CCC(Cc2ccc(Cl)cc2)[C@@]1(O)Cn1cncn1.OCC1(CO)CCC(Cc2cccc(Cl)c2)C1(O)Cn1cncn1.[B].[H-].[Na+].[Na+]. The molecule has 19 nitrogen and oxygen atoms in total. The normalized spacial score (nSPS) is 27.0. The molecule has 5 heterocycles. The third-order valence-electron chi connectivity index (χ3n) is 22.9. The number of benzene rings is 4. The smallest absolute Gasteiger partial charge is 1.00 e. The molecule has 0 amide bonds. The van der Waals surface area contributed by atoms with Crippen molar-refractivity contribution in [1.29, 1.82) is 0 Å². The van der Waals surface area contributed by atoms with Crippen LogP contribution >= 0.6 is 58.0 Å². The van der Waals surface area contributed by atoms with E-state index in [9.17, 15) is 30.6 Å². The quantitative estimate of drug-likeness (QED) is 0.0354. The topological polar surface area (TPSA) is 256 Å². The molecule has 4 aromatic carbocycles. The Bertz CT molecular complexity index is 3630. The van der Waals surface area contributed by atoms with E-state index in [2.05, 4.69) is 86.2 Å². The van der Waals surface area contributed by atoms with Gasteiger partial charge in [-0.25, -0.2) is 19.9 Å². The first kappa shape index (κ1) is 87.6. The molecule has 102 heavy (non-hydrogen) atoms. The zero-order valence-electron chi connectivity index (χ0n) is 61.8. The summed E-state index contributed by atoms with van der Waals surface area (Å²) in [6.07, 6.45) is 26.7. The molecule has 543 valence electrons. The summed E-state index contributed by atoms with van der Waals surface area (Å²) in [6, 6.07) is 31.6. The summed E-state index contributed by atoms with van der Waals surface area (Å²) in [5, 5.41) is 84.6. The summed E-state index contributed by atoms with van der Waals surface area (Å²) in [4.78, 5) is 16.0. The number of rotatable bonds is 22. The van der Waals surface area contributed by atoms with Crippen molar-refractivity contribution < 1.29 is 95.9 Å². The van der Waals surface area contributed by atoms with Crippen LogP contribution in [0.15, 0.2) is 148 Å². The molecule has 8 unspecified atom stereocenters. The number of aliphatic hydroxyl groups excluding tert-OH is 2. The Morgan fingerprint density at radius 2 is 0.863 bits per heavy atom. The number of aromatic nitrogens is 12. The first-order valence-corrected chi connectivity index (χ1v) is 36.8. The van der Waals surface area contributed by atoms with Gasteiger partial charge in [0, 0.05) is 56.0 Å². The molecule has 0 spiro atoms. The van der Waals surface area contributed by atoms with Crippen LogP contribution in [0.3, 0.4) is 0 Å². The molecule has 5 fully saturated rings. The Labute approximate surface area is 675 Å². The zero-order valence-corrected chi connectivity index (χ0v) is 68.6. The molecule has 4 saturated carbocycles. The molecule has 4 aromatic heterocycles. The Morgan fingerprint density at radius 1 is 0.500 bits per heavy atom. The van der Waals surface area contributed by atoms with Crippen molar-refractivity contribution in [2.75, 3.05) is 25.7 Å². The van der Waals surface area contributed by atoms with E-state index in [0.29, 0.717) is 54.6 Å². The summed E-state index contributed by atoms with van der Waals surface area (Å²) >= 11 is 30.6. The molecule has 27 heteroatoms. The summed E-state index contributed by atoms with van der Waals surface area (Å²) in [6.45, 7) is 15.9. The number of alkyl halides is 1. The first-order valence-electron chi connectivity index (χ1n) is 34.8. The molecule has 10 atom stereocenters. The van der Waals surface area contributed by atoms with Gasteiger partial charge >= 0.3 is 59.1 Å². The van der Waals surface area contributed by atoms with Gasteiger partial charge in [-0.05, 0) is 191 Å². The van der Waals surface area contributed by atoms with Gasteiger partial charge in [-0.15, -0.1) is 17.2 Å². The van der Waals surface area contributed by atoms with Crippen LogP contribution in [-0.4, -0.2) is 147 Å². The van der Waals surface area contributed by atoms with Gasteiger partial charge in [-0.2, -0.15) is 20.4 Å². The fourth-order valence-electron chi connectivity index (χ4n) is 16.9. The Morgan fingerprint density at radius 3 is 1.23 bits per heavy atom. The molecule has 5 aliphatic rings. The Balaban J connectivity index is 0.000000238. The number of fused-ring (bicyclic) bond motifs is 1. The summed E-state index contributed by atoms with van der Waals surface area (Å²) in [5.41, 5.74) is -0.231.